The second kappa shape index (κ2) is 6.92. The number of nitrogens with one attached hydrogen (secondary N) is 1. The standard InChI is InChI=1S/C18H18FN5O2S/c1-10-16(11-4-7-15(21-2)22-9-11)17(24-18(20)23-10)13-6-5-12(8-14(13)19)27(3,25)26/h4-9H,1-3H3,(H,21,22)(H2,20,23,24). The molecule has 0 amide bonds. The number of benzene rings is 1. The van der Waals surface area contributed by atoms with Gasteiger partial charge in [-0.3, -0.25) is 0 Å². The lowest BCUT2D eigenvalue weighted by molar-refractivity contribution is 0.596. The van der Waals surface area contributed by atoms with E-state index in [-0.39, 0.29) is 22.1 Å². The van der Waals surface area contributed by atoms with E-state index in [1.54, 1.807) is 26.2 Å². The number of hydrogen-bond donors (Lipinski definition) is 2. The van der Waals surface area contributed by atoms with Gasteiger partial charge in [-0.25, -0.2) is 27.8 Å². The third-order valence-electron chi connectivity index (χ3n) is 4.04. The van der Waals surface area contributed by atoms with Gasteiger partial charge in [-0.05, 0) is 37.3 Å². The van der Waals surface area contributed by atoms with E-state index in [0.717, 1.165) is 12.3 Å². The van der Waals surface area contributed by atoms with Crippen LogP contribution in [0.2, 0.25) is 0 Å². The van der Waals surface area contributed by atoms with Crippen LogP contribution in [-0.2, 0) is 9.84 Å². The molecule has 0 aliphatic rings. The van der Waals surface area contributed by atoms with Gasteiger partial charge in [0.2, 0.25) is 5.95 Å². The third-order valence-corrected chi connectivity index (χ3v) is 5.15. The Morgan fingerprint density at radius 1 is 1.15 bits per heavy atom. The van der Waals surface area contributed by atoms with Gasteiger partial charge in [0.05, 0.1) is 16.3 Å². The predicted molar refractivity (Wildman–Crippen MR) is 102 cm³/mol. The monoisotopic (exact) mass is 387 g/mol. The van der Waals surface area contributed by atoms with Gasteiger partial charge >= 0.3 is 0 Å². The number of aromatic nitrogens is 3. The Labute approximate surface area is 156 Å². The lowest BCUT2D eigenvalue weighted by Crippen LogP contribution is -2.04. The number of halogens is 1. The molecule has 3 N–H and O–H groups in total. The minimum atomic E-state index is -3.52. The average Bonchev–Trinajstić information content (AvgIpc) is 2.60. The SMILES string of the molecule is CNc1ccc(-c2c(C)nc(N)nc2-c2ccc(S(C)(=O)=O)cc2F)cn1. The summed E-state index contributed by atoms with van der Waals surface area (Å²) in [5.41, 5.74) is 8.00. The molecule has 0 saturated heterocycles. The van der Waals surface area contributed by atoms with Gasteiger partial charge in [0.1, 0.15) is 11.6 Å². The van der Waals surface area contributed by atoms with E-state index in [2.05, 4.69) is 20.3 Å². The number of anilines is 2. The maximum atomic E-state index is 14.8. The first-order valence-corrected chi connectivity index (χ1v) is 9.88. The van der Waals surface area contributed by atoms with Crippen LogP contribution in [0.3, 0.4) is 0 Å². The molecule has 2 heterocycles. The van der Waals surface area contributed by atoms with Crippen LogP contribution >= 0.6 is 0 Å². The first kappa shape index (κ1) is 18.7. The van der Waals surface area contributed by atoms with Crippen molar-refractivity contribution < 1.29 is 12.8 Å². The molecule has 27 heavy (non-hydrogen) atoms. The molecule has 0 aliphatic heterocycles. The van der Waals surface area contributed by atoms with Crippen LogP contribution in [0, 0.1) is 12.7 Å². The van der Waals surface area contributed by atoms with Crippen molar-refractivity contribution in [2.24, 2.45) is 0 Å². The van der Waals surface area contributed by atoms with E-state index in [9.17, 15) is 12.8 Å². The minimum Gasteiger partial charge on any atom is -0.373 e. The molecular formula is C18H18FN5O2S. The van der Waals surface area contributed by atoms with Gasteiger partial charge in [0.15, 0.2) is 9.84 Å². The maximum absolute atomic E-state index is 14.8. The van der Waals surface area contributed by atoms with Crippen molar-refractivity contribution in [1.82, 2.24) is 15.0 Å². The van der Waals surface area contributed by atoms with Crippen molar-refractivity contribution in [3.8, 4) is 22.4 Å². The Bertz CT molecular complexity index is 1120. The van der Waals surface area contributed by atoms with Gasteiger partial charge in [-0.1, -0.05) is 0 Å². The molecule has 1 aromatic carbocycles. The lowest BCUT2D eigenvalue weighted by atomic mass is 9.99. The summed E-state index contributed by atoms with van der Waals surface area (Å²) in [5, 5.41) is 2.93. The van der Waals surface area contributed by atoms with E-state index in [4.69, 9.17) is 5.73 Å². The zero-order valence-electron chi connectivity index (χ0n) is 15.0. The highest BCUT2D eigenvalue weighted by Crippen LogP contribution is 2.35. The molecule has 140 valence electrons. The Morgan fingerprint density at radius 2 is 1.89 bits per heavy atom. The highest BCUT2D eigenvalue weighted by atomic mass is 32.2. The molecule has 0 bridgehead atoms. The molecule has 0 atom stereocenters. The van der Waals surface area contributed by atoms with Gasteiger partial charge in [-0.2, -0.15) is 0 Å². The van der Waals surface area contributed by atoms with E-state index in [1.807, 2.05) is 6.07 Å². The molecular weight excluding hydrogens is 369 g/mol. The van der Waals surface area contributed by atoms with Crippen LogP contribution < -0.4 is 11.1 Å². The van der Waals surface area contributed by atoms with E-state index in [1.165, 1.54) is 12.1 Å². The molecule has 7 nitrogen and oxygen atoms in total. The third kappa shape index (κ3) is 3.72. The second-order valence-corrected chi connectivity index (χ2v) is 8.00. The Morgan fingerprint density at radius 3 is 2.44 bits per heavy atom. The van der Waals surface area contributed by atoms with Crippen LogP contribution in [-0.4, -0.2) is 36.7 Å². The van der Waals surface area contributed by atoms with Crippen LogP contribution in [0.25, 0.3) is 22.4 Å². The van der Waals surface area contributed by atoms with Crippen molar-refractivity contribution in [3.63, 3.8) is 0 Å². The summed E-state index contributed by atoms with van der Waals surface area (Å²) in [7, 11) is -1.77. The van der Waals surface area contributed by atoms with Crippen molar-refractivity contribution in [2.75, 3.05) is 24.4 Å². The summed E-state index contributed by atoms with van der Waals surface area (Å²) in [4.78, 5) is 12.5. The van der Waals surface area contributed by atoms with Crippen LogP contribution in [0.1, 0.15) is 5.69 Å². The fourth-order valence-corrected chi connectivity index (χ4v) is 3.38. The van der Waals surface area contributed by atoms with E-state index < -0.39 is 15.7 Å². The first-order chi connectivity index (χ1) is 12.7. The molecule has 0 radical (unpaired) electrons. The van der Waals surface area contributed by atoms with Crippen molar-refractivity contribution in [1.29, 1.82) is 0 Å². The molecule has 0 aliphatic carbocycles. The highest BCUT2D eigenvalue weighted by Gasteiger charge is 2.19. The molecule has 0 unspecified atom stereocenters. The van der Waals surface area contributed by atoms with E-state index >= 15 is 0 Å². The molecule has 3 rings (SSSR count). The molecule has 0 fully saturated rings. The van der Waals surface area contributed by atoms with Crippen molar-refractivity contribution in [3.05, 3.63) is 48.0 Å². The Balaban J connectivity index is 2.24. The summed E-state index contributed by atoms with van der Waals surface area (Å²) in [6.07, 6.45) is 2.65. The van der Waals surface area contributed by atoms with Crippen molar-refractivity contribution in [2.45, 2.75) is 11.8 Å². The fourth-order valence-electron chi connectivity index (χ4n) is 2.74. The summed E-state index contributed by atoms with van der Waals surface area (Å²) in [6, 6.07) is 7.29. The zero-order chi connectivity index (χ0) is 19.8. The van der Waals surface area contributed by atoms with Crippen molar-refractivity contribution >= 4 is 21.6 Å². The first-order valence-electron chi connectivity index (χ1n) is 7.99. The molecule has 2 aromatic heterocycles. The number of aryl methyl sites for hydroxylation is 1. The number of pyridine rings is 1. The number of nitrogens with zero attached hydrogens (tertiary/aromatic N) is 3. The smallest absolute Gasteiger partial charge is 0.220 e. The largest absolute Gasteiger partial charge is 0.373 e. The predicted octanol–water partition coefficient (Wildman–Crippen LogP) is 2.68. The quantitative estimate of drug-likeness (QED) is 0.708. The van der Waals surface area contributed by atoms with E-state index in [0.29, 0.717) is 22.6 Å². The van der Waals surface area contributed by atoms with Crippen LogP contribution in [0.5, 0.6) is 0 Å². The maximum Gasteiger partial charge on any atom is 0.220 e. The summed E-state index contributed by atoms with van der Waals surface area (Å²) in [6.45, 7) is 1.74. The van der Waals surface area contributed by atoms with Gasteiger partial charge in [0.25, 0.3) is 0 Å². The summed E-state index contributed by atoms with van der Waals surface area (Å²) >= 11 is 0. The molecule has 3 aromatic rings. The normalized spacial score (nSPS) is 11.4. The molecule has 0 saturated carbocycles. The Hall–Kier alpha value is -3.07. The average molecular weight is 387 g/mol. The van der Waals surface area contributed by atoms with Crippen LogP contribution in [0.15, 0.2) is 41.4 Å². The molecule has 9 heteroatoms. The topological polar surface area (TPSA) is 111 Å². The van der Waals surface area contributed by atoms with Gasteiger partial charge in [-0.15, -0.1) is 0 Å². The molecule has 0 spiro atoms. The number of sulfone groups is 1. The number of nitrogen functional groups attached to an aromatic ring is 1. The second-order valence-electron chi connectivity index (χ2n) is 5.99. The Kier molecular flexibility index (Phi) is 4.79. The van der Waals surface area contributed by atoms with Gasteiger partial charge in [0, 0.05) is 36.2 Å². The number of nitrogens with two attached hydrogens (primary N) is 1. The highest BCUT2D eigenvalue weighted by molar-refractivity contribution is 7.90. The lowest BCUT2D eigenvalue weighted by Gasteiger charge is -2.14. The fraction of sp³-hybridized carbons (Fsp3) is 0.167. The van der Waals surface area contributed by atoms with Crippen LogP contribution in [0.4, 0.5) is 16.2 Å². The summed E-state index contributed by atoms with van der Waals surface area (Å²) < 4.78 is 38.1. The number of rotatable bonds is 4. The minimum absolute atomic E-state index is 0.00218. The van der Waals surface area contributed by atoms with Gasteiger partial charge < -0.3 is 11.1 Å². The number of hydrogen-bond acceptors (Lipinski definition) is 7. The summed E-state index contributed by atoms with van der Waals surface area (Å²) in [5.74, 6) is -0.0351. The zero-order valence-corrected chi connectivity index (χ0v) is 15.8.